The van der Waals surface area contributed by atoms with Gasteiger partial charge in [0.25, 0.3) is 0 Å². The molecule has 3 aromatic rings. The number of nitrogens with zero attached hydrogens (tertiary/aromatic N) is 3. The SMILES string of the molecule is c1cc2cc3[nH]ccc(N4CCN5CCC[C@H]5C4)c3cc2n1. The van der Waals surface area contributed by atoms with Crippen molar-refractivity contribution >= 4 is 27.5 Å². The molecule has 0 saturated carbocycles. The highest BCUT2D eigenvalue weighted by atomic mass is 15.3. The lowest BCUT2D eigenvalue weighted by Crippen LogP contribution is -2.50. The standard InChI is InChI=1S/C18H20N4/c1-2-14-12-22(9-8-21(14)7-1)18-4-6-20-17-10-13-3-5-19-16(13)11-15(17)18/h3-6,10-11,14,20H,1-2,7-9,12H2/t14-/m0/s1. The van der Waals surface area contributed by atoms with Crippen molar-refractivity contribution in [1.82, 2.24) is 14.9 Å². The van der Waals surface area contributed by atoms with E-state index in [0.717, 1.165) is 24.6 Å². The van der Waals surface area contributed by atoms with E-state index in [-0.39, 0.29) is 0 Å². The lowest BCUT2D eigenvalue weighted by Gasteiger charge is -2.39. The number of anilines is 1. The third-order valence-corrected chi connectivity index (χ3v) is 5.32. The number of nitrogens with one attached hydrogen (secondary N) is 1. The van der Waals surface area contributed by atoms with Crippen LogP contribution >= 0.6 is 0 Å². The number of aromatic nitrogens is 2. The molecule has 1 aromatic carbocycles. The van der Waals surface area contributed by atoms with Gasteiger partial charge >= 0.3 is 0 Å². The monoisotopic (exact) mass is 292 g/mol. The fraction of sp³-hybridized carbons (Fsp3) is 0.389. The molecule has 5 rings (SSSR count). The summed E-state index contributed by atoms with van der Waals surface area (Å²) in [5.74, 6) is 0. The Morgan fingerprint density at radius 3 is 3.14 bits per heavy atom. The highest BCUT2D eigenvalue weighted by Gasteiger charge is 2.31. The van der Waals surface area contributed by atoms with E-state index in [2.05, 4.69) is 50.2 Å². The van der Waals surface area contributed by atoms with Crippen molar-refractivity contribution in [2.45, 2.75) is 18.9 Å². The van der Waals surface area contributed by atoms with Crippen molar-refractivity contribution in [2.24, 2.45) is 0 Å². The number of aromatic amines is 1. The number of fused-ring (bicyclic) bond motifs is 3. The van der Waals surface area contributed by atoms with E-state index in [0.29, 0.717) is 0 Å². The van der Waals surface area contributed by atoms with Crippen molar-refractivity contribution in [3.63, 3.8) is 0 Å². The van der Waals surface area contributed by atoms with E-state index in [9.17, 15) is 0 Å². The summed E-state index contributed by atoms with van der Waals surface area (Å²) < 4.78 is 0. The van der Waals surface area contributed by atoms with Gasteiger partial charge in [-0.3, -0.25) is 9.88 Å². The zero-order valence-corrected chi connectivity index (χ0v) is 12.6. The maximum absolute atomic E-state index is 4.47. The Hall–Kier alpha value is -2.07. The predicted octanol–water partition coefficient (Wildman–Crippen LogP) is 3.00. The summed E-state index contributed by atoms with van der Waals surface area (Å²) in [6, 6.07) is 9.49. The Morgan fingerprint density at radius 2 is 2.14 bits per heavy atom. The molecular formula is C18H20N4. The zero-order valence-electron chi connectivity index (χ0n) is 12.6. The molecule has 0 radical (unpaired) electrons. The van der Waals surface area contributed by atoms with Crippen LogP contribution in [0.3, 0.4) is 0 Å². The average Bonchev–Trinajstić information content (AvgIpc) is 3.19. The summed E-state index contributed by atoms with van der Waals surface area (Å²) >= 11 is 0. The first-order chi connectivity index (χ1) is 10.9. The van der Waals surface area contributed by atoms with Gasteiger partial charge in [0.05, 0.1) is 5.52 Å². The quantitative estimate of drug-likeness (QED) is 0.749. The van der Waals surface area contributed by atoms with Gasteiger partial charge in [-0.05, 0) is 43.7 Å². The second-order valence-corrected chi connectivity index (χ2v) is 6.54. The lowest BCUT2D eigenvalue weighted by molar-refractivity contribution is 0.231. The maximum atomic E-state index is 4.47. The largest absolute Gasteiger partial charge is 0.368 e. The van der Waals surface area contributed by atoms with Crippen molar-refractivity contribution in [2.75, 3.05) is 31.1 Å². The fourth-order valence-electron chi connectivity index (χ4n) is 4.17. The molecule has 0 spiro atoms. The van der Waals surface area contributed by atoms with E-state index >= 15 is 0 Å². The van der Waals surface area contributed by atoms with Gasteiger partial charge in [-0.25, -0.2) is 0 Å². The summed E-state index contributed by atoms with van der Waals surface area (Å²) in [5.41, 5.74) is 3.64. The normalized spacial score (nSPS) is 22.5. The fourth-order valence-corrected chi connectivity index (χ4v) is 4.17. The van der Waals surface area contributed by atoms with Gasteiger partial charge in [-0.1, -0.05) is 0 Å². The van der Waals surface area contributed by atoms with E-state index in [4.69, 9.17) is 0 Å². The summed E-state index contributed by atoms with van der Waals surface area (Å²) in [7, 11) is 0. The lowest BCUT2D eigenvalue weighted by atomic mass is 10.1. The van der Waals surface area contributed by atoms with Crippen molar-refractivity contribution in [3.8, 4) is 0 Å². The minimum absolute atomic E-state index is 0.744. The first kappa shape index (κ1) is 12.5. The molecule has 1 N–H and O–H groups in total. The molecule has 2 saturated heterocycles. The molecule has 0 aliphatic carbocycles. The highest BCUT2D eigenvalue weighted by molar-refractivity contribution is 6.01. The Labute approximate surface area is 129 Å². The van der Waals surface area contributed by atoms with Gasteiger partial charge in [0.2, 0.25) is 0 Å². The van der Waals surface area contributed by atoms with Crippen LogP contribution in [-0.4, -0.2) is 47.1 Å². The topological polar surface area (TPSA) is 35.2 Å². The molecule has 0 bridgehead atoms. The molecule has 22 heavy (non-hydrogen) atoms. The van der Waals surface area contributed by atoms with Crippen LogP contribution in [0.4, 0.5) is 5.69 Å². The molecule has 4 heterocycles. The second kappa shape index (κ2) is 4.71. The summed E-state index contributed by atoms with van der Waals surface area (Å²) in [5, 5.41) is 2.50. The predicted molar refractivity (Wildman–Crippen MR) is 90.4 cm³/mol. The van der Waals surface area contributed by atoms with Crippen LogP contribution in [0.25, 0.3) is 21.8 Å². The summed E-state index contributed by atoms with van der Waals surface area (Å²) in [6.07, 6.45) is 6.67. The van der Waals surface area contributed by atoms with Gasteiger partial charge in [0, 0.05) is 60.0 Å². The number of pyridine rings is 1. The van der Waals surface area contributed by atoms with E-state index in [1.807, 2.05) is 6.20 Å². The van der Waals surface area contributed by atoms with E-state index in [1.54, 1.807) is 0 Å². The Balaban J connectivity index is 1.61. The van der Waals surface area contributed by atoms with Gasteiger partial charge in [-0.2, -0.15) is 0 Å². The number of benzene rings is 1. The molecule has 2 aliphatic heterocycles. The third kappa shape index (κ3) is 1.83. The molecule has 0 amide bonds. The number of H-pyrrole nitrogens is 1. The van der Waals surface area contributed by atoms with E-state index in [1.165, 1.54) is 47.9 Å². The minimum Gasteiger partial charge on any atom is -0.368 e. The molecule has 112 valence electrons. The molecule has 4 heteroatoms. The van der Waals surface area contributed by atoms with Gasteiger partial charge < -0.3 is 9.88 Å². The molecule has 1 atom stereocenters. The molecule has 0 unspecified atom stereocenters. The highest BCUT2D eigenvalue weighted by Crippen LogP contribution is 2.32. The average molecular weight is 292 g/mol. The zero-order chi connectivity index (χ0) is 14.5. The summed E-state index contributed by atoms with van der Waals surface area (Å²) in [6.45, 7) is 4.77. The number of hydrogen-bond donors (Lipinski definition) is 1. The van der Waals surface area contributed by atoms with Crippen LogP contribution in [0.15, 0.2) is 36.7 Å². The first-order valence-electron chi connectivity index (χ1n) is 8.23. The van der Waals surface area contributed by atoms with E-state index < -0.39 is 0 Å². The third-order valence-electron chi connectivity index (χ3n) is 5.32. The molecule has 4 nitrogen and oxygen atoms in total. The van der Waals surface area contributed by atoms with Crippen LogP contribution in [0, 0.1) is 0 Å². The van der Waals surface area contributed by atoms with Crippen LogP contribution in [-0.2, 0) is 0 Å². The van der Waals surface area contributed by atoms with Crippen LogP contribution in [0.2, 0.25) is 0 Å². The first-order valence-corrected chi connectivity index (χ1v) is 8.23. The molecule has 2 fully saturated rings. The molecule has 2 aromatic heterocycles. The molecular weight excluding hydrogens is 272 g/mol. The van der Waals surface area contributed by atoms with Crippen molar-refractivity contribution in [3.05, 3.63) is 36.7 Å². The smallest absolute Gasteiger partial charge is 0.0710 e. The Morgan fingerprint density at radius 1 is 1.14 bits per heavy atom. The van der Waals surface area contributed by atoms with Gasteiger partial charge in [0.15, 0.2) is 0 Å². The Kier molecular flexibility index (Phi) is 2.67. The summed E-state index contributed by atoms with van der Waals surface area (Å²) in [4.78, 5) is 13.1. The Bertz CT molecular complexity index is 837. The van der Waals surface area contributed by atoms with Gasteiger partial charge in [0.1, 0.15) is 0 Å². The van der Waals surface area contributed by atoms with Gasteiger partial charge in [-0.15, -0.1) is 0 Å². The number of hydrogen-bond acceptors (Lipinski definition) is 3. The van der Waals surface area contributed by atoms with Crippen molar-refractivity contribution < 1.29 is 0 Å². The van der Waals surface area contributed by atoms with Crippen LogP contribution in [0.1, 0.15) is 12.8 Å². The van der Waals surface area contributed by atoms with Crippen LogP contribution in [0.5, 0.6) is 0 Å². The van der Waals surface area contributed by atoms with Crippen molar-refractivity contribution in [1.29, 1.82) is 0 Å². The van der Waals surface area contributed by atoms with Crippen LogP contribution < -0.4 is 4.90 Å². The minimum atomic E-state index is 0.744. The second-order valence-electron chi connectivity index (χ2n) is 6.54. The number of rotatable bonds is 1. The maximum Gasteiger partial charge on any atom is 0.0710 e. The molecule has 2 aliphatic rings. The number of piperazine rings is 1.